The van der Waals surface area contributed by atoms with Crippen LogP contribution in [0.2, 0.25) is 0 Å². The molecule has 0 aliphatic heterocycles. The standard InChI is InChI=1S/C17H14FNO3S/c1-13(20)15-9-7-14(8-10-15)4-3-11-19-23(21,22)17-6-2-5-16(18)12-17/h2,5-10,12,19H,11H2,1H3. The molecule has 118 valence electrons. The van der Waals surface area contributed by atoms with Gasteiger partial charge >= 0.3 is 0 Å². The fourth-order valence-corrected chi connectivity index (χ4v) is 2.74. The molecule has 0 aliphatic carbocycles. The van der Waals surface area contributed by atoms with E-state index in [0.29, 0.717) is 11.1 Å². The molecule has 0 unspecified atom stereocenters. The van der Waals surface area contributed by atoms with Gasteiger partial charge in [-0.2, -0.15) is 4.72 Å². The molecule has 2 rings (SSSR count). The molecule has 23 heavy (non-hydrogen) atoms. The summed E-state index contributed by atoms with van der Waals surface area (Å²) in [5, 5.41) is 0. The Morgan fingerprint density at radius 1 is 1.17 bits per heavy atom. The van der Waals surface area contributed by atoms with Crippen molar-refractivity contribution in [3.8, 4) is 11.8 Å². The fraction of sp³-hybridized carbons (Fsp3) is 0.118. The zero-order valence-electron chi connectivity index (χ0n) is 12.3. The summed E-state index contributed by atoms with van der Waals surface area (Å²) in [5.74, 6) is 4.80. The number of rotatable bonds is 4. The molecule has 0 aromatic heterocycles. The molecule has 4 nitrogen and oxygen atoms in total. The van der Waals surface area contributed by atoms with E-state index >= 15 is 0 Å². The van der Waals surface area contributed by atoms with Crippen LogP contribution in [-0.4, -0.2) is 20.7 Å². The molecule has 0 saturated carbocycles. The highest BCUT2D eigenvalue weighted by Crippen LogP contribution is 2.09. The zero-order valence-corrected chi connectivity index (χ0v) is 13.2. The van der Waals surface area contributed by atoms with E-state index in [1.807, 2.05) is 0 Å². The lowest BCUT2D eigenvalue weighted by atomic mass is 10.1. The average molecular weight is 331 g/mol. The minimum absolute atomic E-state index is 0.0348. The number of halogens is 1. The maximum Gasteiger partial charge on any atom is 0.241 e. The summed E-state index contributed by atoms with van der Waals surface area (Å²) in [7, 11) is -3.79. The van der Waals surface area contributed by atoms with Crippen molar-refractivity contribution in [1.82, 2.24) is 4.72 Å². The third-order valence-electron chi connectivity index (χ3n) is 2.98. The number of hydrogen-bond donors (Lipinski definition) is 1. The van der Waals surface area contributed by atoms with E-state index in [4.69, 9.17) is 0 Å². The number of nitrogens with one attached hydrogen (secondary N) is 1. The first-order valence-corrected chi connectivity index (χ1v) is 8.22. The fourth-order valence-electron chi connectivity index (χ4n) is 1.78. The van der Waals surface area contributed by atoms with Gasteiger partial charge in [0.25, 0.3) is 0 Å². The van der Waals surface area contributed by atoms with E-state index in [2.05, 4.69) is 16.6 Å². The van der Waals surface area contributed by atoms with Crippen LogP contribution < -0.4 is 4.72 Å². The van der Waals surface area contributed by atoms with Crippen LogP contribution in [0.3, 0.4) is 0 Å². The molecule has 0 heterocycles. The van der Waals surface area contributed by atoms with Gasteiger partial charge in [-0.25, -0.2) is 12.8 Å². The Morgan fingerprint density at radius 2 is 1.87 bits per heavy atom. The summed E-state index contributed by atoms with van der Waals surface area (Å²) >= 11 is 0. The van der Waals surface area contributed by atoms with Gasteiger partial charge in [-0.1, -0.05) is 30.0 Å². The molecule has 0 atom stereocenters. The van der Waals surface area contributed by atoms with Gasteiger partial charge in [0.15, 0.2) is 5.78 Å². The molecule has 1 N–H and O–H groups in total. The summed E-state index contributed by atoms with van der Waals surface area (Å²) in [4.78, 5) is 11.0. The van der Waals surface area contributed by atoms with Gasteiger partial charge in [0.2, 0.25) is 10.0 Å². The van der Waals surface area contributed by atoms with E-state index in [0.717, 1.165) is 6.07 Å². The Labute approximate surface area is 134 Å². The van der Waals surface area contributed by atoms with Crippen LogP contribution in [0.25, 0.3) is 0 Å². The van der Waals surface area contributed by atoms with Gasteiger partial charge < -0.3 is 0 Å². The average Bonchev–Trinajstić information content (AvgIpc) is 2.52. The topological polar surface area (TPSA) is 63.2 Å². The first-order valence-electron chi connectivity index (χ1n) is 6.73. The van der Waals surface area contributed by atoms with Crippen molar-refractivity contribution in [2.45, 2.75) is 11.8 Å². The Kier molecular flexibility index (Phi) is 5.27. The highest BCUT2D eigenvalue weighted by molar-refractivity contribution is 7.89. The lowest BCUT2D eigenvalue weighted by Crippen LogP contribution is -2.24. The van der Waals surface area contributed by atoms with Crippen LogP contribution in [0.4, 0.5) is 4.39 Å². The van der Waals surface area contributed by atoms with Crippen LogP contribution in [-0.2, 0) is 10.0 Å². The molecule has 0 aliphatic rings. The van der Waals surface area contributed by atoms with Gasteiger partial charge in [-0.05, 0) is 37.3 Å². The Hall–Kier alpha value is -2.49. The van der Waals surface area contributed by atoms with Crippen molar-refractivity contribution >= 4 is 15.8 Å². The van der Waals surface area contributed by atoms with E-state index in [1.54, 1.807) is 24.3 Å². The first kappa shape index (κ1) is 16.9. The third kappa shape index (κ3) is 4.74. The van der Waals surface area contributed by atoms with Crippen molar-refractivity contribution in [2.75, 3.05) is 6.54 Å². The number of benzene rings is 2. The van der Waals surface area contributed by atoms with Gasteiger partial charge in [0.05, 0.1) is 11.4 Å². The van der Waals surface area contributed by atoms with E-state index < -0.39 is 15.8 Å². The summed E-state index contributed by atoms with van der Waals surface area (Å²) in [6, 6.07) is 11.4. The Morgan fingerprint density at radius 3 is 2.48 bits per heavy atom. The van der Waals surface area contributed by atoms with E-state index in [-0.39, 0.29) is 17.2 Å². The molecule has 6 heteroatoms. The molecule has 0 spiro atoms. The monoisotopic (exact) mass is 331 g/mol. The highest BCUT2D eigenvalue weighted by Gasteiger charge is 2.12. The summed E-state index contributed by atoms with van der Waals surface area (Å²) < 4.78 is 39.2. The van der Waals surface area contributed by atoms with E-state index in [9.17, 15) is 17.6 Å². The molecule has 0 fully saturated rings. The minimum atomic E-state index is -3.79. The lowest BCUT2D eigenvalue weighted by Gasteiger charge is -2.03. The molecular weight excluding hydrogens is 317 g/mol. The molecule has 0 saturated heterocycles. The number of carbonyl (C=O) groups excluding carboxylic acids is 1. The van der Waals surface area contributed by atoms with Crippen molar-refractivity contribution in [3.05, 3.63) is 65.5 Å². The van der Waals surface area contributed by atoms with Gasteiger partial charge in [-0.15, -0.1) is 0 Å². The summed E-state index contributed by atoms with van der Waals surface area (Å²) in [5.41, 5.74) is 1.25. The van der Waals surface area contributed by atoms with Crippen LogP contribution in [0.1, 0.15) is 22.8 Å². The molecule has 0 bridgehead atoms. The van der Waals surface area contributed by atoms with Gasteiger partial charge in [0.1, 0.15) is 5.82 Å². The maximum absolute atomic E-state index is 13.1. The van der Waals surface area contributed by atoms with Crippen LogP contribution in [0.15, 0.2) is 53.4 Å². The number of carbonyl (C=O) groups is 1. The minimum Gasteiger partial charge on any atom is -0.295 e. The summed E-state index contributed by atoms with van der Waals surface area (Å²) in [6.45, 7) is 1.37. The highest BCUT2D eigenvalue weighted by atomic mass is 32.2. The normalized spacial score (nSPS) is 10.7. The van der Waals surface area contributed by atoms with E-state index in [1.165, 1.54) is 25.1 Å². The zero-order chi connectivity index (χ0) is 16.9. The molecule has 0 amide bonds. The Bertz CT molecular complexity index is 878. The molecule has 0 radical (unpaired) electrons. The Balaban J connectivity index is 2.01. The molecule has 2 aromatic carbocycles. The van der Waals surface area contributed by atoms with Crippen LogP contribution >= 0.6 is 0 Å². The quantitative estimate of drug-likeness (QED) is 0.691. The second-order valence-electron chi connectivity index (χ2n) is 4.72. The molecule has 2 aromatic rings. The van der Waals surface area contributed by atoms with Crippen molar-refractivity contribution in [1.29, 1.82) is 0 Å². The lowest BCUT2D eigenvalue weighted by molar-refractivity contribution is 0.101. The molecular formula is C17H14FNO3S. The van der Waals surface area contributed by atoms with Crippen LogP contribution in [0.5, 0.6) is 0 Å². The number of hydrogen-bond acceptors (Lipinski definition) is 3. The van der Waals surface area contributed by atoms with Crippen molar-refractivity contribution in [3.63, 3.8) is 0 Å². The number of sulfonamides is 1. The van der Waals surface area contributed by atoms with Gasteiger partial charge in [-0.3, -0.25) is 4.79 Å². The van der Waals surface area contributed by atoms with Crippen molar-refractivity contribution in [2.24, 2.45) is 0 Å². The maximum atomic E-state index is 13.1. The number of ketones is 1. The van der Waals surface area contributed by atoms with Gasteiger partial charge in [0, 0.05) is 11.1 Å². The van der Waals surface area contributed by atoms with Crippen molar-refractivity contribution < 1.29 is 17.6 Å². The first-order chi connectivity index (χ1) is 10.9. The second-order valence-corrected chi connectivity index (χ2v) is 6.48. The SMILES string of the molecule is CC(=O)c1ccc(C#CCNS(=O)(=O)c2cccc(F)c2)cc1. The van der Waals surface area contributed by atoms with Crippen LogP contribution in [0, 0.1) is 17.7 Å². The third-order valence-corrected chi connectivity index (χ3v) is 4.38. The largest absolute Gasteiger partial charge is 0.295 e. The summed E-state index contributed by atoms with van der Waals surface area (Å²) in [6.07, 6.45) is 0. The smallest absolute Gasteiger partial charge is 0.241 e. The predicted molar refractivity (Wildman–Crippen MR) is 84.9 cm³/mol. The number of Topliss-reactive ketones (excluding diaryl/α,β-unsaturated/α-hetero) is 1. The second kappa shape index (κ2) is 7.18. The predicted octanol–water partition coefficient (Wildman–Crippen LogP) is 2.36.